The SMILES string of the molecule is CCNc1ccc(C(=O)N(CC)CC(C)C)cn1. The second-order valence-corrected chi connectivity index (χ2v) is 4.70. The molecule has 0 saturated heterocycles. The largest absolute Gasteiger partial charge is 0.370 e. The quantitative estimate of drug-likeness (QED) is 0.843. The van der Waals surface area contributed by atoms with Crippen LogP contribution < -0.4 is 5.32 Å². The number of pyridine rings is 1. The molecule has 0 fully saturated rings. The number of hydrogen-bond acceptors (Lipinski definition) is 3. The summed E-state index contributed by atoms with van der Waals surface area (Å²) in [6.07, 6.45) is 1.64. The normalized spacial score (nSPS) is 10.5. The van der Waals surface area contributed by atoms with E-state index in [1.807, 2.05) is 30.9 Å². The zero-order chi connectivity index (χ0) is 13.5. The molecule has 1 aromatic heterocycles. The van der Waals surface area contributed by atoms with E-state index in [2.05, 4.69) is 24.1 Å². The van der Waals surface area contributed by atoms with Gasteiger partial charge in [-0.15, -0.1) is 0 Å². The lowest BCUT2D eigenvalue weighted by Crippen LogP contribution is -2.34. The van der Waals surface area contributed by atoms with E-state index >= 15 is 0 Å². The third-order valence-electron chi connectivity index (χ3n) is 2.62. The van der Waals surface area contributed by atoms with Crippen LogP contribution in [-0.2, 0) is 0 Å². The molecule has 100 valence electrons. The van der Waals surface area contributed by atoms with Crippen molar-refractivity contribution in [3.8, 4) is 0 Å². The zero-order valence-corrected chi connectivity index (χ0v) is 11.7. The van der Waals surface area contributed by atoms with Crippen LogP contribution >= 0.6 is 0 Å². The molecule has 0 spiro atoms. The molecule has 4 nitrogen and oxygen atoms in total. The number of carbonyl (C=O) groups excluding carboxylic acids is 1. The number of amides is 1. The highest BCUT2D eigenvalue weighted by Crippen LogP contribution is 2.09. The molecule has 0 saturated carbocycles. The molecule has 0 aliphatic rings. The molecule has 1 amide bonds. The summed E-state index contributed by atoms with van der Waals surface area (Å²) in [6.45, 7) is 10.6. The van der Waals surface area contributed by atoms with E-state index in [0.717, 1.165) is 25.5 Å². The maximum Gasteiger partial charge on any atom is 0.255 e. The van der Waals surface area contributed by atoms with Crippen molar-refractivity contribution in [3.63, 3.8) is 0 Å². The maximum absolute atomic E-state index is 12.2. The summed E-state index contributed by atoms with van der Waals surface area (Å²) >= 11 is 0. The van der Waals surface area contributed by atoms with Gasteiger partial charge in [-0.1, -0.05) is 13.8 Å². The van der Waals surface area contributed by atoms with Crippen LogP contribution in [0.2, 0.25) is 0 Å². The number of aromatic nitrogens is 1. The van der Waals surface area contributed by atoms with E-state index < -0.39 is 0 Å². The smallest absolute Gasteiger partial charge is 0.255 e. The van der Waals surface area contributed by atoms with Gasteiger partial charge < -0.3 is 10.2 Å². The van der Waals surface area contributed by atoms with Gasteiger partial charge in [0.15, 0.2) is 0 Å². The highest BCUT2D eigenvalue weighted by Gasteiger charge is 2.15. The van der Waals surface area contributed by atoms with Crippen LogP contribution in [0.4, 0.5) is 5.82 Å². The number of nitrogens with zero attached hydrogens (tertiary/aromatic N) is 2. The van der Waals surface area contributed by atoms with Gasteiger partial charge in [0, 0.05) is 25.8 Å². The Kier molecular flexibility index (Phi) is 5.62. The maximum atomic E-state index is 12.2. The molecule has 4 heteroatoms. The molecule has 0 bridgehead atoms. The molecule has 18 heavy (non-hydrogen) atoms. The second kappa shape index (κ2) is 6.99. The van der Waals surface area contributed by atoms with E-state index in [1.165, 1.54) is 0 Å². The van der Waals surface area contributed by atoms with Gasteiger partial charge in [0.05, 0.1) is 5.56 Å². The van der Waals surface area contributed by atoms with Crippen molar-refractivity contribution in [1.82, 2.24) is 9.88 Å². The number of hydrogen-bond donors (Lipinski definition) is 1. The molecule has 0 radical (unpaired) electrons. The average Bonchev–Trinajstić information content (AvgIpc) is 2.36. The van der Waals surface area contributed by atoms with Gasteiger partial charge in [-0.05, 0) is 31.9 Å². The Labute approximate surface area is 109 Å². The summed E-state index contributed by atoms with van der Waals surface area (Å²) in [5, 5.41) is 3.11. The van der Waals surface area contributed by atoms with Crippen LogP contribution in [0.5, 0.6) is 0 Å². The van der Waals surface area contributed by atoms with Crippen LogP contribution in [0.1, 0.15) is 38.1 Å². The highest BCUT2D eigenvalue weighted by molar-refractivity contribution is 5.94. The van der Waals surface area contributed by atoms with Crippen LogP contribution in [0, 0.1) is 5.92 Å². The van der Waals surface area contributed by atoms with Gasteiger partial charge in [0.2, 0.25) is 0 Å². The highest BCUT2D eigenvalue weighted by atomic mass is 16.2. The average molecular weight is 249 g/mol. The molecular formula is C14H23N3O. The minimum atomic E-state index is 0.0572. The summed E-state index contributed by atoms with van der Waals surface area (Å²) in [6, 6.07) is 3.68. The topological polar surface area (TPSA) is 45.2 Å². The third kappa shape index (κ3) is 4.02. The van der Waals surface area contributed by atoms with Gasteiger partial charge in [-0.3, -0.25) is 4.79 Å². The molecule has 0 aromatic carbocycles. The number of nitrogens with one attached hydrogen (secondary N) is 1. The Hall–Kier alpha value is -1.58. The second-order valence-electron chi connectivity index (χ2n) is 4.70. The lowest BCUT2D eigenvalue weighted by molar-refractivity contribution is 0.0745. The first kappa shape index (κ1) is 14.5. The molecule has 1 aromatic rings. The number of rotatable bonds is 6. The lowest BCUT2D eigenvalue weighted by atomic mass is 10.2. The van der Waals surface area contributed by atoms with Crippen molar-refractivity contribution in [1.29, 1.82) is 0 Å². The van der Waals surface area contributed by atoms with Gasteiger partial charge in [0.1, 0.15) is 5.82 Å². The number of carbonyl (C=O) groups is 1. The molecule has 1 N–H and O–H groups in total. The summed E-state index contributed by atoms with van der Waals surface area (Å²) in [7, 11) is 0. The molecule has 0 aliphatic carbocycles. The standard InChI is InChI=1S/C14H23N3O/c1-5-15-13-8-7-12(9-16-13)14(18)17(6-2)10-11(3)4/h7-9,11H,5-6,10H2,1-4H3,(H,15,16). The summed E-state index contributed by atoms with van der Waals surface area (Å²) in [5.74, 6) is 1.34. The molecule has 0 unspecified atom stereocenters. The molecule has 0 aliphatic heterocycles. The van der Waals surface area contributed by atoms with Gasteiger partial charge in [-0.25, -0.2) is 4.98 Å². The van der Waals surface area contributed by atoms with Crippen LogP contribution in [0.25, 0.3) is 0 Å². The first-order valence-corrected chi connectivity index (χ1v) is 6.57. The summed E-state index contributed by atoms with van der Waals surface area (Å²) in [4.78, 5) is 18.3. The van der Waals surface area contributed by atoms with Crippen molar-refractivity contribution >= 4 is 11.7 Å². The van der Waals surface area contributed by atoms with Crippen LogP contribution in [0.3, 0.4) is 0 Å². The van der Waals surface area contributed by atoms with Crippen molar-refractivity contribution in [2.75, 3.05) is 25.0 Å². The minimum Gasteiger partial charge on any atom is -0.370 e. The predicted octanol–water partition coefficient (Wildman–Crippen LogP) is 2.63. The third-order valence-corrected chi connectivity index (χ3v) is 2.62. The van der Waals surface area contributed by atoms with E-state index in [-0.39, 0.29) is 5.91 Å². The molecule has 1 rings (SSSR count). The fraction of sp³-hybridized carbons (Fsp3) is 0.571. The Bertz CT molecular complexity index is 373. The van der Waals surface area contributed by atoms with Crippen molar-refractivity contribution in [2.45, 2.75) is 27.7 Å². The summed E-state index contributed by atoms with van der Waals surface area (Å²) in [5.41, 5.74) is 0.652. The zero-order valence-electron chi connectivity index (χ0n) is 11.7. The van der Waals surface area contributed by atoms with Gasteiger partial charge >= 0.3 is 0 Å². The molecule has 0 atom stereocenters. The number of anilines is 1. The van der Waals surface area contributed by atoms with Crippen molar-refractivity contribution in [2.24, 2.45) is 5.92 Å². The summed E-state index contributed by atoms with van der Waals surface area (Å²) < 4.78 is 0. The fourth-order valence-corrected chi connectivity index (χ4v) is 1.79. The van der Waals surface area contributed by atoms with Crippen molar-refractivity contribution < 1.29 is 4.79 Å². The Morgan fingerprint density at radius 1 is 1.39 bits per heavy atom. The first-order valence-electron chi connectivity index (χ1n) is 6.57. The minimum absolute atomic E-state index is 0.0572. The Morgan fingerprint density at radius 2 is 2.11 bits per heavy atom. The van der Waals surface area contributed by atoms with Crippen LogP contribution in [0.15, 0.2) is 18.3 Å². The lowest BCUT2D eigenvalue weighted by Gasteiger charge is -2.22. The van der Waals surface area contributed by atoms with Gasteiger partial charge in [-0.2, -0.15) is 0 Å². The Morgan fingerprint density at radius 3 is 2.56 bits per heavy atom. The van der Waals surface area contributed by atoms with E-state index in [1.54, 1.807) is 6.20 Å². The molecular weight excluding hydrogens is 226 g/mol. The van der Waals surface area contributed by atoms with Gasteiger partial charge in [0.25, 0.3) is 5.91 Å². The van der Waals surface area contributed by atoms with E-state index in [9.17, 15) is 4.79 Å². The van der Waals surface area contributed by atoms with Crippen molar-refractivity contribution in [3.05, 3.63) is 23.9 Å². The monoisotopic (exact) mass is 249 g/mol. The molecule has 1 heterocycles. The van der Waals surface area contributed by atoms with E-state index in [4.69, 9.17) is 0 Å². The van der Waals surface area contributed by atoms with Crippen LogP contribution in [-0.4, -0.2) is 35.4 Å². The fourth-order valence-electron chi connectivity index (χ4n) is 1.79. The predicted molar refractivity (Wildman–Crippen MR) is 74.8 cm³/mol. The van der Waals surface area contributed by atoms with E-state index in [0.29, 0.717) is 11.5 Å². The first-order chi connectivity index (χ1) is 8.58. The Balaban J connectivity index is 2.75.